The Hall–Kier alpha value is -2.85. The Morgan fingerprint density at radius 2 is 2.16 bits per heavy atom. The molecule has 1 heterocycles. The SMILES string of the molecule is COC(C)OCCn1cc(C(=O)O)c(=O)c2cc([N+](=O)[O-])c(F)cc21. The predicted molar refractivity (Wildman–Crippen MR) is 84.2 cm³/mol. The highest BCUT2D eigenvalue weighted by atomic mass is 19.1. The number of pyridine rings is 1. The van der Waals surface area contributed by atoms with E-state index in [0.29, 0.717) is 0 Å². The number of ether oxygens (including phenoxy) is 2. The highest BCUT2D eigenvalue weighted by Gasteiger charge is 2.21. The van der Waals surface area contributed by atoms with E-state index in [2.05, 4.69) is 0 Å². The number of halogens is 1. The first-order valence-corrected chi connectivity index (χ1v) is 7.15. The van der Waals surface area contributed by atoms with Crippen molar-refractivity contribution in [2.75, 3.05) is 13.7 Å². The zero-order valence-electron chi connectivity index (χ0n) is 13.4. The first kappa shape index (κ1) is 18.5. The number of nitro groups is 1. The van der Waals surface area contributed by atoms with Gasteiger partial charge in [0.2, 0.25) is 11.2 Å². The summed E-state index contributed by atoms with van der Waals surface area (Å²) in [6.07, 6.45) is 0.543. The minimum atomic E-state index is -1.49. The number of hydrogen-bond acceptors (Lipinski definition) is 6. The molecule has 0 aliphatic heterocycles. The zero-order valence-corrected chi connectivity index (χ0v) is 13.4. The highest BCUT2D eigenvalue weighted by molar-refractivity contribution is 5.93. The van der Waals surface area contributed by atoms with Crippen molar-refractivity contribution >= 4 is 22.6 Å². The van der Waals surface area contributed by atoms with Crippen LogP contribution >= 0.6 is 0 Å². The number of rotatable bonds is 7. The van der Waals surface area contributed by atoms with Crippen molar-refractivity contribution in [2.24, 2.45) is 0 Å². The Bertz CT molecular complexity index is 894. The maximum Gasteiger partial charge on any atom is 0.341 e. The molecule has 134 valence electrons. The summed E-state index contributed by atoms with van der Waals surface area (Å²) in [5.41, 5.74) is -2.36. The lowest BCUT2D eigenvalue weighted by Crippen LogP contribution is -2.21. The van der Waals surface area contributed by atoms with Gasteiger partial charge < -0.3 is 19.1 Å². The predicted octanol–water partition coefficient (Wildman–Crippen LogP) is 1.76. The lowest BCUT2D eigenvalue weighted by atomic mass is 10.1. The molecular weight excluding hydrogens is 339 g/mol. The normalized spacial score (nSPS) is 12.3. The van der Waals surface area contributed by atoms with Gasteiger partial charge in [-0.2, -0.15) is 4.39 Å². The Kier molecular flexibility index (Phi) is 5.45. The van der Waals surface area contributed by atoms with Gasteiger partial charge in [-0.25, -0.2) is 4.79 Å². The number of carboxylic acid groups (broad SMARTS) is 1. The number of carboxylic acids is 1. The molecule has 25 heavy (non-hydrogen) atoms. The smallest absolute Gasteiger partial charge is 0.341 e. The van der Waals surface area contributed by atoms with Crippen LogP contribution in [0, 0.1) is 15.9 Å². The fraction of sp³-hybridized carbons (Fsp3) is 0.333. The number of aromatic nitrogens is 1. The number of benzene rings is 1. The maximum atomic E-state index is 13.9. The molecule has 0 spiro atoms. The van der Waals surface area contributed by atoms with Crippen LogP contribution < -0.4 is 5.43 Å². The zero-order chi connectivity index (χ0) is 18.7. The van der Waals surface area contributed by atoms with E-state index in [1.165, 1.54) is 11.7 Å². The van der Waals surface area contributed by atoms with E-state index in [9.17, 15) is 24.1 Å². The summed E-state index contributed by atoms with van der Waals surface area (Å²) in [5, 5.41) is 19.8. The van der Waals surface area contributed by atoms with E-state index in [-0.39, 0.29) is 24.1 Å². The second kappa shape index (κ2) is 7.36. The van der Waals surface area contributed by atoms with Crippen molar-refractivity contribution in [1.82, 2.24) is 4.57 Å². The van der Waals surface area contributed by atoms with Crippen LogP contribution in [-0.2, 0) is 16.0 Å². The van der Waals surface area contributed by atoms with Crippen molar-refractivity contribution in [3.63, 3.8) is 0 Å². The second-order valence-electron chi connectivity index (χ2n) is 5.12. The molecule has 2 rings (SSSR count). The summed E-state index contributed by atoms with van der Waals surface area (Å²) in [7, 11) is 1.44. The molecule has 1 N–H and O–H groups in total. The molecule has 0 aliphatic rings. The topological polar surface area (TPSA) is 121 Å². The van der Waals surface area contributed by atoms with Crippen LogP contribution in [-0.4, -0.2) is 40.6 Å². The van der Waals surface area contributed by atoms with Gasteiger partial charge in [0.25, 0.3) is 0 Å². The molecule has 2 aromatic rings. The first-order valence-electron chi connectivity index (χ1n) is 7.15. The number of nitro benzene ring substituents is 1. The van der Waals surface area contributed by atoms with Crippen molar-refractivity contribution in [3.8, 4) is 0 Å². The van der Waals surface area contributed by atoms with Crippen molar-refractivity contribution < 1.29 is 28.7 Å². The number of hydrogen-bond donors (Lipinski definition) is 1. The third-order valence-corrected chi connectivity index (χ3v) is 3.59. The van der Waals surface area contributed by atoms with E-state index >= 15 is 0 Å². The summed E-state index contributed by atoms with van der Waals surface area (Å²) in [6.45, 7) is 1.82. The molecule has 0 saturated carbocycles. The van der Waals surface area contributed by atoms with E-state index in [0.717, 1.165) is 18.3 Å². The van der Waals surface area contributed by atoms with Gasteiger partial charge in [0.05, 0.1) is 22.4 Å². The van der Waals surface area contributed by atoms with Crippen LogP contribution in [0.3, 0.4) is 0 Å². The third kappa shape index (κ3) is 3.80. The molecule has 0 bridgehead atoms. The molecule has 0 amide bonds. The Morgan fingerprint density at radius 3 is 2.72 bits per heavy atom. The second-order valence-corrected chi connectivity index (χ2v) is 5.12. The van der Waals surface area contributed by atoms with Crippen molar-refractivity contribution in [2.45, 2.75) is 19.8 Å². The molecule has 9 nitrogen and oxygen atoms in total. The van der Waals surface area contributed by atoms with Crippen LogP contribution in [0.2, 0.25) is 0 Å². The van der Waals surface area contributed by atoms with Gasteiger partial charge >= 0.3 is 11.7 Å². The molecular formula is C15H15FN2O7. The fourth-order valence-electron chi connectivity index (χ4n) is 2.26. The van der Waals surface area contributed by atoms with Gasteiger partial charge in [0, 0.05) is 32.0 Å². The van der Waals surface area contributed by atoms with Gasteiger partial charge in [0.1, 0.15) is 5.56 Å². The average Bonchev–Trinajstić information content (AvgIpc) is 2.55. The van der Waals surface area contributed by atoms with Gasteiger partial charge in [-0.05, 0) is 6.92 Å². The number of fused-ring (bicyclic) bond motifs is 1. The maximum absolute atomic E-state index is 13.9. The van der Waals surface area contributed by atoms with E-state index in [4.69, 9.17) is 14.6 Å². The van der Waals surface area contributed by atoms with Gasteiger partial charge in [-0.15, -0.1) is 0 Å². The molecule has 1 unspecified atom stereocenters. The molecule has 1 atom stereocenters. The largest absolute Gasteiger partial charge is 0.477 e. The summed E-state index contributed by atoms with van der Waals surface area (Å²) in [5.74, 6) is -2.61. The van der Waals surface area contributed by atoms with Crippen LogP contribution in [0.25, 0.3) is 10.9 Å². The number of nitrogens with zero attached hydrogens (tertiary/aromatic N) is 2. The summed E-state index contributed by atoms with van der Waals surface area (Å²) in [6, 6.07) is 1.58. The number of aromatic carboxylic acids is 1. The van der Waals surface area contributed by atoms with Crippen LogP contribution in [0.5, 0.6) is 0 Å². The van der Waals surface area contributed by atoms with Crippen LogP contribution in [0.1, 0.15) is 17.3 Å². The summed E-state index contributed by atoms with van der Waals surface area (Å²) in [4.78, 5) is 33.4. The van der Waals surface area contributed by atoms with E-state index < -0.39 is 39.7 Å². The van der Waals surface area contributed by atoms with Crippen molar-refractivity contribution in [3.05, 3.63) is 50.0 Å². The lowest BCUT2D eigenvalue weighted by molar-refractivity contribution is -0.387. The van der Waals surface area contributed by atoms with Gasteiger partial charge in [0.15, 0.2) is 6.29 Å². The molecule has 0 fully saturated rings. The third-order valence-electron chi connectivity index (χ3n) is 3.59. The Labute approximate surface area is 140 Å². The summed E-state index contributed by atoms with van der Waals surface area (Å²) >= 11 is 0. The molecule has 1 aromatic heterocycles. The van der Waals surface area contributed by atoms with Gasteiger partial charge in [-0.3, -0.25) is 14.9 Å². The fourth-order valence-corrected chi connectivity index (χ4v) is 2.26. The molecule has 1 aromatic carbocycles. The number of carbonyl (C=O) groups is 1. The average molecular weight is 354 g/mol. The molecule has 0 saturated heterocycles. The monoisotopic (exact) mass is 354 g/mol. The number of methoxy groups -OCH3 is 1. The van der Waals surface area contributed by atoms with E-state index in [1.54, 1.807) is 6.92 Å². The molecule has 0 radical (unpaired) electrons. The Balaban J connectivity index is 2.61. The minimum absolute atomic E-state index is 0.0340. The summed E-state index contributed by atoms with van der Waals surface area (Å²) < 4.78 is 25.4. The Morgan fingerprint density at radius 1 is 1.48 bits per heavy atom. The van der Waals surface area contributed by atoms with Crippen LogP contribution in [0.15, 0.2) is 23.1 Å². The lowest BCUT2D eigenvalue weighted by Gasteiger charge is -2.15. The standard InChI is InChI=1S/C15H15FN2O7/c1-8(24-2)25-4-3-17-7-10(15(20)21)14(19)9-5-13(18(22)23)11(16)6-12(9)17/h5-8H,3-4H2,1-2H3,(H,20,21). The minimum Gasteiger partial charge on any atom is -0.477 e. The van der Waals surface area contributed by atoms with Gasteiger partial charge in [-0.1, -0.05) is 0 Å². The van der Waals surface area contributed by atoms with Crippen LogP contribution in [0.4, 0.5) is 10.1 Å². The highest BCUT2D eigenvalue weighted by Crippen LogP contribution is 2.23. The van der Waals surface area contributed by atoms with Crippen molar-refractivity contribution in [1.29, 1.82) is 0 Å². The molecule has 0 aliphatic carbocycles. The first-order chi connectivity index (χ1) is 11.8. The van der Waals surface area contributed by atoms with E-state index in [1.807, 2.05) is 0 Å². The molecule has 10 heteroatoms. The quantitative estimate of drug-likeness (QED) is 0.457.